The minimum atomic E-state index is -1.68. The van der Waals surface area contributed by atoms with E-state index in [2.05, 4.69) is 43.5 Å². The average molecular weight is 742 g/mol. The Morgan fingerprint density at radius 3 is 1.79 bits per heavy atom. The molecule has 0 aromatic carbocycles. The lowest BCUT2D eigenvalue weighted by Gasteiger charge is -2.40. The van der Waals surface area contributed by atoms with Crippen molar-refractivity contribution in [3.63, 3.8) is 0 Å². The SMILES string of the molecule is CCCCCCCC/C=C\C/C=C\CC(O)C(=O)NC(COC1OC(CO)C(O)C(O)C1O)C(O)C(O)CCC/C=C/CCCCCCCCCC. The van der Waals surface area contributed by atoms with Gasteiger partial charge in [0.05, 0.1) is 25.4 Å². The Kier molecular flexibility index (Phi) is 29.4. The molecule has 52 heavy (non-hydrogen) atoms. The van der Waals surface area contributed by atoms with Crippen molar-refractivity contribution in [3.05, 3.63) is 36.5 Å². The number of carbonyl (C=O) groups excluding carboxylic acids is 1. The van der Waals surface area contributed by atoms with Crippen LogP contribution in [0.3, 0.4) is 0 Å². The molecular weight excluding hydrogens is 666 g/mol. The number of carbonyl (C=O) groups is 1. The molecule has 11 heteroatoms. The van der Waals surface area contributed by atoms with Gasteiger partial charge in [0, 0.05) is 6.42 Å². The Morgan fingerprint density at radius 2 is 1.21 bits per heavy atom. The van der Waals surface area contributed by atoms with Crippen LogP contribution < -0.4 is 5.32 Å². The van der Waals surface area contributed by atoms with Gasteiger partial charge in [0.2, 0.25) is 5.91 Å². The monoisotopic (exact) mass is 742 g/mol. The second kappa shape index (κ2) is 31.7. The van der Waals surface area contributed by atoms with Crippen LogP contribution in [-0.2, 0) is 14.3 Å². The number of aliphatic hydroxyl groups is 7. The third-order valence-electron chi connectivity index (χ3n) is 9.68. The summed E-state index contributed by atoms with van der Waals surface area (Å²) in [6.45, 7) is 3.33. The molecule has 9 atom stereocenters. The van der Waals surface area contributed by atoms with E-state index in [0.717, 1.165) is 25.7 Å². The van der Waals surface area contributed by atoms with E-state index in [4.69, 9.17) is 9.47 Å². The van der Waals surface area contributed by atoms with Crippen LogP contribution >= 0.6 is 0 Å². The number of hydrogen-bond donors (Lipinski definition) is 8. The maximum absolute atomic E-state index is 13.0. The fraction of sp³-hybridized carbons (Fsp3) is 0.829. The van der Waals surface area contributed by atoms with Gasteiger partial charge in [0.15, 0.2) is 6.29 Å². The molecular formula is C41H75NO10. The van der Waals surface area contributed by atoms with Crippen molar-refractivity contribution in [2.75, 3.05) is 13.2 Å². The summed E-state index contributed by atoms with van der Waals surface area (Å²) in [7, 11) is 0. The van der Waals surface area contributed by atoms with Gasteiger partial charge in [0.1, 0.15) is 36.6 Å². The van der Waals surface area contributed by atoms with Crippen LogP contribution in [0.15, 0.2) is 36.5 Å². The zero-order valence-corrected chi connectivity index (χ0v) is 32.3. The molecule has 1 saturated heterocycles. The smallest absolute Gasteiger partial charge is 0.249 e. The van der Waals surface area contributed by atoms with Gasteiger partial charge in [-0.1, -0.05) is 127 Å². The molecule has 0 spiro atoms. The maximum Gasteiger partial charge on any atom is 0.249 e. The van der Waals surface area contributed by atoms with Crippen LogP contribution in [-0.4, -0.2) is 110 Å². The van der Waals surface area contributed by atoms with Gasteiger partial charge in [-0.25, -0.2) is 0 Å². The van der Waals surface area contributed by atoms with Gasteiger partial charge >= 0.3 is 0 Å². The summed E-state index contributed by atoms with van der Waals surface area (Å²) in [6, 6.07) is -1.21. The van der Waals surface area contributed by atoms with Gasteiger partial charge in [-0.15, -0.1) is 0 Å². The number of unbranched alkanes of at least 4 members (excludes halogenated alkanes) is 15. The van der Waals surface area contributed by atoms with E-state index < -0.39 is 74.2 Å². The zero-order chi connectivity index (χ0) is 38.4. The van der Waals surface area contributed by atoms with Crippen molar-refractivity contribution < 1.29 is 50.0 Å². The predicted molar refractivity (Wildman–Crippen MR) is 205 cm³/mol. The number of allylic oxidation sites excluding steroid dienone is 5. The molecule has 1 fully saturated rings. The first-order valence-corrected chi connectivity index (χ1v) is 20.4. The summed E-state index contributed by atoms with van der Waals surface area (Å²) in [5.74, 6) is -0.777. The first kappa shape index (κ1) is 48.3. The van der Waals surface area contributed by atoms with Crippen molar-refractivity contribution in [2.45, 2.75) is 204 Å². The molecule has 0 radical (unpaired) electrons. The summed E-state index contributed by atoms with van der Waals surface area (Å²) in [4.78, 5) is 13.0. The molecule has 0 bridgehead atoms. The third-order valence-corrected chi connectivity index (χ3v) is 9.68. The second-order valence-corrected chi connectivity index (χ2v) is 14.4. The van der Waals surface area contributed by atoms with E-state index in [1.165, 1.54) is 83.5 Å². The van der Waals surface area contributed by atoms with E-state index in [-0.39, 0.29) is 12.8 Å². The van der Waals surface area contributed by atoms with Crippen LogP contribution in [0.5, 0.6) is 0 Å². The maximum atomic E-state index is 13.0. The highest BCUT2D eigenvalue weighted by Crippen LogP contribution is 2.23. The zero-order valence-electron chi connectivity index (χ0n) is 32.3. The Bertz CT molecular complexity index is 945. The van der Waals surface area contributed by atoms with Gasteiger partial charge in [-0.3, -0.25) is 4.79 Å². The van der Waals surface area contributed by atoms with Crippen molar-refractivity contribution in [1.82, 2.24) is 5.32 Å². The lowest BCUT2D eigenvalue weighted by Crippen LogP contribution is -2.60. The molecule has 1 amide bonds. The van der Waals surface area contributed by atoms with E-state index in [9.17, 15) is 40.5 Å². The topological polar surface area (TPSA) is 189 Å². The van der Waals surface area contributed by atoms with Crippen molar-refractivity contribution in [2.24, 2.45) is 0 Å². The largest absolute Gasteiger partial charge is 0.394 e. The van der Waals surface area contributed by atoms with Gasteiger partial charge in [0.25, 0.3) is 0 Å². The molecule has 304 valence electrons. The molecule has 11 nitrogen and oxygen atoms in total. The quantitative estimate of drug-likeness (QED) is 0.0333. The predicted octanol–water partition coefficient (Wildman–Crippen LogP) is 5.27. The molecule has 1 rings (SSSR count). The van der Waals surface area contributed by atoms with Crippen LogP contribution in [0.1, 0.15) is 149 Å². The van der Waals surface area contributed by atoms with Crippen LogP contribution in [0.2, 0.25) is 0 Å². The molecule has 0 saturated carbocycles. The molecule has 1 aliphatic heterocycles. The second-order valence-electron chi connectivity index (χ2n) is 14.4. The lowest BCUT2D eigenvalue weighted by molar-refractivity contribution is -0.303. The first-order chi connectivity index (χ1) is 25.2. The fourth-order valence-electron chi connectivity index (χ4n) is 6.19. The Hall–Kier alpha value is -1.67. The Morgan fingerprint density at radius 1 is 0.692 bits per heavy atom. The molecule has 1 aliphatic rings. The van der Waals surface area contributed by atoms with E-state index in [0.29, 0.717) is 12.8 Å². The minimum absolute atomic E-state index is 0.0430. The molecule has 0 aliphatic carbocycles. The molecule has 0 aromatic rings. The number of nitrogens with one attached hydrogen (secondary N) is 1. The molecule has 9 unspecified atom stereocenters. The Balaban J connectivity index is 2.62. The van der Waals surface area contributed by atoms with Gasteiger partial charge in [-0.05, 0) is 51.4 Å². The van der Waals surface area contributed by atoms with Crippen molar-refractivity contribution >= 4 is 5.91 Å². The molecule has 1 heterocycles. The highest BCUT2D eigenvalue weighted by atomic mass is 16.7. The van der Waals surface area contributed by atoms with Gasteiger partial charge in [-0.2, -0.15) is 0 Å². The van der Waals surface area contributed by atoms with Crippen molar-refractivity contribution in [1.29, 1.82) is 0 Å². The number of ether oxygens (including phenoxy) is 2. The average Bonchev–Trinajstić information content (AvgIpc) is 3.14. The van der Waals surface area contributed by atoms with E-state index in [1.54, 1.807) is 6.08 Å². The molecule has 0 aromatic heterocycles. The number of rotatable bonds is 32. The summed E-state index contributed by atoms with van der Waals surface area (Å²) >= 11 is 0. The van der Waals surface area contributed by atoms with Crippen LogP contribution in [0, 0.1) is 0 Å². The highest BCUT2D eigenvalue weighted by molar-refractivity contribution is 5.81. The van der Waals surface area contributed by atoms with Crippen LogP contribution in [0.25, 0.3) is 0 Å². The number of hydrogen-bond acceptors (Lipinski definition) is 10. The van der Waals surface area contributed by atoms with Gasteiger partial charge < -0.3 is 50.5 Å². The fourth-order valence-corrected chi connectivity index (χ4v) is 6.19. The summed E-state index contributed by atoms with van der Waals surface area (Å²) in [5.41, 5.74) is 0. The van der Waals surface area contributed by atoms with E-state index in [1.807, 2.05) is 6.08 Å². The normalized spacial score (nSPS) is 23.4. The lowest BCUT2D eigenvalue weighted by atomic mass is 9.99. The molecule has 8 N–H and O–H groups in total. The summed E-state index contributed by atoms with van der Waals surface area (Å²) in [6.07, 6.45) is 22.3. The first-order valence-electron chi connectivity index (χ1n) is 20.4. The summed E-state index contributed by atoms with van der Waals surface area (Å²) < 4.78 is 11.0. The third kappa shape index (κ3) is 21.9. The Labute approximate surface area is 314 Å². The minimum Gasteiger partial charge on any atom is -0.394 e. The number of aliphatic hydroxyl groups excluding tert-OH is 7. The van der Waals surface area contributed by atoms with Crippen LogP contribution in [0.4, 0.5) is 0 Å². The van der Waals surface area contributed by atoms with Crippen molar-refractivity contribution in [3.8, 4) is 0 Å². The number of amides is 1. The summed E-state index contributed by atoms with van der Waals surface area (Å²) in [5, 5.41) is 75.1. The highest BCUT2D eigenvalue weighted by Gasteiger charge is 2.44. The standard InChI is InChI=1S/C41H75NO10/c1-3-5-7-9-11-13-15-17-19-20-22-24-26-28-33(44)36(46)32(31-51-41-39(49)38(48)37(47)35(30-43)52-41)42-40(50)34(45)29-27-25-23-21-18-16-14-12-10-8-6-4-2/h18,20-22,25,27,32-39,41,43-49H,3-17,19,23-24,26,28-31H2,1-2H3,(H,42,50)/b21-18-,22-20+,27-25-. The van der Waals surface area contributed by atoms with E-state index >= 15 is 0 Å².